The molecule has 5 nitrogen and oxygen atoms in total. The van der Waals surface area contributed by atoms with E-state index in [0.29, 0.717) is 19.1 Å². The van der Waals surface area contributed by atoms with E-state index in [1.165, 1.54) is 17.1 Å². The zero-order valence-corrected chi connectivity index (χ0v) is 12.8. The first-order valence-corrected chi connectivity index (χ1v) is 7.81. The van der Waals surface area contributed by atoms with E-state index in [1.54, 1.807) is 18.4 Å². The zero-order chi connectivity index (χ0) is 12.5. The van der Waals surface area contributed by atoms with E-state index in [0.717, 1.165) is 25.3 Å². The lowest BCUT2D eigenvalue weighted by Crippen LogP contribution is -2.48. The molecule has 0 aromatic heterocycles. The van der Waals surface area contributed by atoms with Crippen LogP contribution >= 0.6 is 12.4 Å². The van der Waals surface area contributed by atoms with Gasteiger partial charge < -0.3 is 5.32 Å². The molecule has 2 aliphatic rings. The van der Waals surface area contributed by atoms with Crippen LogP contribution in [0.2, 0.25) is 0 Å². The Hall–Kier alpha value is 0.120. The molecule has 18 heavy (non-hydrogen) atoms. The Morgan fingerprint density at radius 1 is 1.17 bits per heavy atom. The molecule has 2 fully saturated rings. The van der Waals surface area contributed by atoms with Gasteiger partial charge in [0.15, 0.2) is 0 Å². The second-order valence-electron chi connectivity index (χ2n) is 5.32. The van der Waals surface area contributed by atoms with Crippen molar-refractivity contribution in [3.8, 4) is 0 Å². The highest BCUT2D eigenvalue weighted by Gasteiger charge is 2.30. The third kappa shape index (κ3) is 4.06. The molecular weight excluding hydrogens is 274 g/mol. The maximum Gasteiger partial charge on any atom is 0.281 e. The van der Waals surface area contributed by atoms with Crippen molar-refractivity contribution >= 4 is 22.6 Å². The average molecular weight is 298 g/mol. The van der Waals surface area contributed by atoms with Crippen LogP contribution in [0.3, 0.4) is 0 Å². The fourth-order valence-corrected chi connectivity index (χ4v) is 3.31. The van der Waals surface area contributed by atoms with Gasteiger partial charge in [0.25, 0.3) is 10.2 Å². The van der Waals surface area contributed by atoms with Gasteiger partial charge in [0.05, 0.1) is 0 Å². The molecule has 1 heterocycles. The molecule has 0 bridgehead atoms. The maximum absolute atomic E-state index is 11.9. The van der Waals surface area contributed by atoms with Crippen molar-refractivity contribution in [2.45, 2.75) is 31.7 Å². The largest absolute Gasteiger partial charge is 0.314 e. The van der Waals surface area contributed by atoms with Crippen molar-refractivity contribution < 1.29 is 8.42 Å². The van der Waals surface area contributed by atoms with Crippen molar-refractivity contribution in [3.63, 3.8) is 0 Å². The molecule has 0 unspecified atom stereocenters. The highest BCUT2D eigenvalue weighted by atomic mass is 35.5. The van der Waals surface area contributed by atoms with Crippen LogP contribution in [0.15, 0.2) is 0 Å². The molecule has 7 heteroatoms. The number of piperidine rings is 1. The topological polar surface area (TPSA) is 52.7 Å². The lowest BCUT2D eigenvalue weighted by Gasteiger charge is -2.33. The molecule has 108 valence electrons. The lowest BCUT2D eigenvalue weighted by atomic mass is 10.1. The van der Waals surface area contributed by atoms with Crippen LogP contribution in [-0.2, 0) is 10.2 Å². The van der Waals surface area contributed by atoms with E-state index in [1.807, 2.05) is 0 Å². The minimum absolute atomic E-state index is 0. The third-order valence-corrected chi connectivity index (χ3v) is 5.57. The summed E-state index contributed by atoms with van der Waals surface area (Å²) in [6.45, 7) is 2.40. The van der Waals surface area contributed by atoms with E-state index >= 15 is 0 Å². The van der Waals surface area contributed by atoms with Gasteiger partial charge in [0, 0.05) is 33.2 Å². The predicted octanol–water partition coefficient (Wildman–Crippen LogP) is 0.679. The Balaban J connectivity index is 0.00000162. The fourth-order valence-electron chi connectivity index (χ4n) is 2.18. The van der Waals surface area contributed by atoms with Crippen molar-refractivity contribution in [2.75, 3.05) is 33.7 Å². The number of nitrogens with one attached hydrogen (secondary N) is 1. The van der Waals surface area contributed by atoms with Crippen molar-refractivity contribution in [3.05, 3.63) is 0 Å². The molecule has 1 aliphatic carbocycles. The smallest absolute Gasteiger partial charge is 0.281 e. The Bertz CT molecular complexity index is 349. The van der Waals surface area contributed by atoms with Gasteiger partial charge in [-0.1, -0.05) is 0 Å². The molecular formula is C11H24ClN3O2S. The molecule has 0 radical (unpaired) electrons. The summed E-state index contributed by atoms with van der Waals surface area (Å²) < 4.78 is 26.7. The molecule has 2 rings (SSSR count). The van der Waals surface area contributed by atoms with Gasteiger partial charge in [-0.3, -0.25) is 0 Å². The molecule has 0 spiro atoms. The first-order chi connectivity index (χ1) is 8.00. The predicted molar refractivity (Wildman–Crippen MR) is 75.2 cm³/mol. The number of hydrogen-bond donors (Lipinski definition) is 1. The average Bonchev–Trinajstić information content (AvgIpc) is 3.10. The summed E-state index contributed by atoms with van der Waals surface area (Å²) in [6, 6.07) is 0.504. The zero-order valence-electron chi connectivity index (χ0n) is 11.1. The number of rotatable bonds is 5. The van der Waals surface area contributed by atoms with E-state index in [-0.39, 0.29) is 12.4 Å². The second kappa shape index (κ2) is 6.52. The molecule has 1 aliphatic heterocycles. The van der Waals surface area contributed by atoms with Gasteiger partial charge in [-0.2, -0.15) is 17.0 Å². The van der Waals surface area contributed by atoms with Gasteiger partial charge in [-0.15, -0.1) is 12.4 Å². The van der Waals surface area contributed by atoms with Gasteiger partial charge in [0.2, 0.25) is 0 Å². The van der Waals surface area contributed by atoms with Crippen LogP contribution in [0.25, 0.3) is 0 Å². The van der Waals surface area contributed by atoms with Crippen LogP contribution < -0.4 is 5.32 Å². The van der Waals surface area contributed by atoms with Crippen LogP contribution in [0.1, 0.15) is 25.7 Å². The van der Waals surface area contributed by atoms with Crippen LogP contribution in [0.4, 0.5) is 0 Å². The fraction of sp³-hybridized carbons (Fsp3) is 1.00. The van der Waals surface area contributed by atoms with E-state index in [2.05, 4.69) is 5.32 Å². The first kappa shape index (κ1) is 16.2. The van der Waals surface area contributed by atoms with Crippen molar-refractivity contribution in [1.29, 1.82) is 0 Å². The maximum atomic E-state index is 11.9. The van der Waals surface area contributed by atoms with E-state index in [4.69, 9.17) is 0 Å². The molecule has 0 atom stereocenters. The summed E-state index contributed by atoms with van der Waals surface area (Å²) in [6.07, 6.45) is 4.58. The minimum Gasteiger partial charge on any atom is -0.314 e. The lowest BCUT2D eigenvalue weighted by molar-refractivity contribution is 0.276. The van der Waals surface area contributed by atoms with Gasteiger partial charge in [0.1, 0.15) is 0 Å². The second-order valence-corrected chi connectivity index (χ2v) is 7.46. The normalized spacial score (nSPS) is 23.1. The quantitative estimate of drug-likeness (QED) is 0.812. The van der Waals surface area contributed by atoms with Gasteiger partial charge in [-0.05, 0) is 38.1 Å². The van der Waals surface area contributed by atoms with Crippen molar-refractivity contribution in [1.82, 2.24) is 13.9 Å². The first-order valence-electron chi connectivity index (χ1n) is 6.41. The van der Waals surface area contributed by atoms with Crippen molar-refractivity contribution in [2.24, 2.45) is 5.92 Å². The SMILES string of the molecule is CN(C)S(=O)(=O)N1CCC(NCC2CC2)CC1.Cl. The van der Waals surface area contributed by atoms with Crippen LogP contribution in [0, 0.1) is 5.92 Å². The summed E-state index contributed by atoms with van der Waals surface area (Å²) in [5.74, 6) is 0.888. The standard InChI is InChI=1S/C11H23N3O2S.ClH/c1-13(2)17(15,16)14-7-5-11(6-8-14)12-9-10-3-4-10;/h10-12H,3-9H2,1-2H3;1H. The Morgan fingerprint density at radius 3 is 2.17 bits per heavy atom. The molecule has 1 N–H and O–H groups in total. The highest BCUT2D eigenvalue weighted by Crippen LogP contribution is 2.28. The van der Waals surface area contributed by atoms with E-state index in [9.17, 15) is 8.42 Å². The van der Waals surface area contributed by atoms with Gasteiger partial charge in [-0.25, -0.2) is 0 Å². The Morgan fingerprint density at radius 2 is 1.72 bits per heavy atom. The number of nitrogens with zero attached hydrogens (tertiary/aromatic N) is 2. The van der Waals surface area contributed by atoms with Crippen LogP contribution in [0.5, 0.6) is 0 Å². The Labute approximate surface area is 116 Å². The Kier molecular flexibility index (Phi) is 5.86. The molecule has 1 saturated heterocycles. The molecule has 0 amide bonds. The van der Waals surface area contributed by atoms with E-state index < -0.39 is 10.2 Å². The van der Waals surface area contributed by atoms with Gasteiger partial charge >= 0.3 is 0 Å². The molecule has 0 aromatic rings. The summed E-state index contributed by atoms with van der Waals surface area (Å²) in [5.41, 5.74) is 0. The summed E-state index contributed by atoms with van der Waals surface area (Å²) in [7, 11) is -0.0233. The monoisotopic (exact) mass is 297 g/mol. The number of hydrogen-bond acceptors (Lipinski definition) is 3. The molecule has 1 saturated carbocycles. The molecule has 0 aromatic carbocycles. The highest BCUT2D eigenvalue weighted by molar-refractivity contribution is 7.86. The summed E-state index contributed by atoms with van der Waals surface area (Å²) in [4.78, 5) is 0. The third-order valence-electron chi connectivity index (χ3n) is 3.63. The summed E-state index contributed by atoms with van der Waals surface area (Å²) in [5, 5.41) is 3.55. The van der Waals surface area contributed by atoms with Crippen LogP contribution in [-0.4, -0.2) is 56.8 Å². The summed E-state index contributed by atoms with van der Waals surface area (Å²) >= 11 is 0. The minimum atomic E-state index is -3.20. The number of halogens is 1.